The van der Waals surface area contributed by atoms with Crippen molar-refractivity contribution in [3.63, 3.8) is 0 Å². The second-order valence-corrected chi connectivity index (χ2v) is 3.75. The predicted octanol–water partition coefficient (Wildman–Crippen LogP) is -6.16. The van der Waals surface area contributed by atoms with Crippen molar-refractivity contribution in [2.24, 2.45) is 0 Å². The summed E-state index contributed by atoms with van der Waals surface area (Å²) in [7, 11) is 0. The van der Waals surface area contributed by atoms with E-state index in [1.54, 1.807) is 0 Å². The molecule has 0 rings (SSSR count). The minimum atomic E-state index is -2.41. The zero-order chi connectivity index (χ0) is 11.1. The minimum absolute atomic E-state index is 0. The molecule has 0 aliphatic rings. The van der Waals surface area contributed by atoms with Gasteiger partial charge in [-0.1, -0.05) is 0 Å². The number of hydrogen-bond acceptors (Lipinski definition) is 8. The molecule has 0 heterocycles. The standard InChI is InChI=1S/C4H6O6.K.2O.2Sb.H/c5-1(3(7)8)2(6)4(9)10;;;;;;/h1-2,5-6H,(H,7,8)(H,9,10);;;;;;/q;+1;;;2*+1;-1/p-2. The molecule has 0 aromatic rings. The Morgan fingerprint density at radius 1 is 1.00 bits per heavy atom. The Balaban J connectivity index is -0.000000845. The second-order valence-electron chi connectivity index (χ2n) is 1.86. The maximum absolute atomic E-state index is 10.6. The molecule has 80 valence electrons. The summed E-state index contributed by atoms with van der Waals surface area (Å²) in [5, 5.41) is 17.8. The molecule has 0 amide bonds. The summed E-state index contributed by atoms with van der Waals surface area (Å²) in [5.74, 6) is -2.76. The van der Waals surface area contributed by atoms with Crippen LogP contribution in [0.25, 0.3) is 0 Å². The first-order valence-corrected chi connectivity index (χ1v) is 7.14. The Bertz CT molecular complexity index is 236. The Kier molecular flexibility index (Phi) is 13.8. The van der Waals surface area contributed by atoms with E-state index >= 15 is 0 Å². The number of aliphatic hydroxyl groups is 2. The van der Waals surface area contributed by atoms with Gasteiger partial charge in [0.25, 0.3) is 0 Å². The molecule has 0 saturated carbocycles. The molecule has 11 heteroatoms. The molecule has 2 atom stereocenters. The van der Waals surface area contributed by atoms with Crippen molar-refractivity contribution in [2.45, 2.75) is 12.2 Å². The van der Waals surface area contributed by atoms with Crippen LogP contribution in [0.4, 0.5) is 0 Å². The Morgan fingerprint density at radius 2 is 1.27 bits per heavy atom. The van der Waals surface area contributed by atoms with Crippen LogP contribution in [0.15, 0.2) is 0 Å². The fraction of sp³-hybridized carbons (Fsp3) is 0.500. The zero-order valence-electron chi connectivity index (χ0n) is 8.39. The molecule has 0 bridgehead atoms. The number of rotatable bonds is 5. The molecule has 0 aliphatic carbocycles. The number of carbonyl (C=O) groups excluding carboxylic acids is 2. The van der Waals surface area contributed by atoms with Gasteiger partial charge >= 0.3 is 151 Å². The molecular weight excluding hydrogens is 459 g/mol. The van der Waals surface area contributed by atoms with Crippen molar-refractivity contribution < 1.29 is 84.7 Å². The van der Waals surface area contributed by atoms with Gasteiger partial charge in [0.05, 0.1) is 0 Å². The predicted molar refractivity (Wildman–Crippen MR) is 38.2 cm³/mol. The monoisotopic (exact) mass is 462 g/mol. The summed E-state index contributed by atoms with van der Waals surface area (Å²) in [5.41, 5.74) is 0. The second kappa shape index (κ2) is 10.9. The summed E-state index contributed by atoms with van der Waals surface area (Å²) in [6, 6.07) is 0. The zero-order valence-corrected chi connectivity index (χ0v) is 15.6. The SMILES string of the molecule is [H-].[K+].[O]=[Sb][O]C(=O)C(O)C(O)C(=O)[O][Sb]=[O]. The van der Waals surface area contributed by atoms with Gasteiger partial charge in [0.15, 0.2) is 0 Å². The van der Waals surface area contributed by atoms with Gasteiger partial charge in [-0.2, -0.15) is 0 Å². The summed E-state index contributed by atoms with van der Waals surface area (Å²) >= 11 is -4.81. The molecule has 15 heavy (non-hydrogen) atoms. The molecule has 0 saturated heterocycles. The molecule has 0 aromatic carbocycles. The van der Waals surface area contributed by atoms with Gasteiger partial charge in [0.1, 0.15) is 0 Å². The van der Waals surface area contributed by atoms with E-state index in [4.69, 9.17) is 10.2 Å². The van der Waals surface area contributed by atoms with Crippen molar-refractivity contribution in [1.82, 2.24) is 0 Å². The first kappa shape index (κ1) is 19.1. The molecule has 8 nitrogen and oxygen atoms in total. The van der Waals surface area contributed by atoms with E-state index in [2.05, 4.69) is 6.03 Å². The summed E-state index contributed by atoms with van der Waals surface area (Å²) in [6.45, 7) is 0. The maximum atomic E-state index is 10.6. The summed E-state index contributed by atoms with van der Waals surface area (Å²) in [6.07, 6.45) is -4.34. The summed E-state index contributed by atoms with van der Waals surface area (Å²) < 4.78 is 27.7. The van der Waals surface area contributed by atoms with Crippen molar-refractivity contribution >= 4 is 56.0 Å². The number of hydrogen-bond donors (Lipinski definition) is 2. The third kappa shape index (κ3) is 7.62. The fourth-order valence-electron chi connectivity index (χ4n) is 0.439. The topological polar surface area (TPSA) is 127 Å². The fourth-order valence-corrected chi connectivity index (χ4v) is 1.48. The molecular formula is C4H5KO8Sb2. The van der Waals surface area contributed by atoms with E-state index in [9.17, 15) is 15.6 Å². The van der Waals surface area contributed by atoms with Crippen LogP contribution in [-0.2, 0) is 21.7 Å². The van der Waals surface area contributed by atoms with Crippen molar-refractivity contribution in [3.05, 3.63) is 0 Å². The van der Waals surface area contributed by atoms with Crippen LogP contribution >= 0.6 is 0 Å². The van der Waals surface area contributed by atoms with Gasteiger partial charge in [-0.15, -0.1) is 0 Å². The van der Waals surface area contributed by atoms with Crippen molar-refractivity contribution in [1.29, 1.82) is 0 Å². The van der Waals surface area contributed by atoms with E-state index in [0.717, 1.165) is 0 Å². The van der Waals surface area contributed by atoms with Crippen molar-refractivity contribution in [3.8, 4) is 0 Å². The van der Waals surface area contributed by atoms with E-state index in [1.807, 2.05) is 0 Å². The molecule has 0 fully saturated rings. The van der Waals surface area contributed by atoms with Crippen LogP contribution in [0.5, 0.6) is 0 Å². The van der Waals surface area contributed by atoms with Gasteiger partial charge in [0.2, 0.25) is 0 Å². The Hall–Kier alpha value is 1.73. The molecule has 0 aliphatic heterocycles. The van der Waals surface area contributed by atoms with Crippen LogP contribution in [0, 0.1) is 0 Å². The van der Waals surface area contributed by atoms with Gasteiger partial charge in [-0.25, -0.2) is 0 Å². The Labute approximate surface area is 150 Å². The van der Waals surface area contributed by atoms with E-state index < -0.39 is 68.2 Å². The molecule has 2 unspecified atom stereocenters. The first-order chi connectivity index (χ1) is 6.54. The number of carbonyl (C=O) groups is 2. The van der Waals surface area contributed by atoms with Gasteiger partial charge in [-0.05, 0) is 0 Å². The van der Waals surface area contributed by atoms with Crippen LogP contribution in [0.3, 0.4) is 0 Å². The molecule has 0 aromatic heterocycles. The van der Waals surface area contributed by atoms with Crippen molar-refractivity contribution in [2.75, 3.05) is 0 Å². The number of aliphatic hydroxyl groups excluding tert-OH is 2. The molecule has 0 spiro atoms. The van der Waals surface area contributed by atoms with E-state index in [1.165, 1.54) is 0 Å². The first-order valence-electron chi connectivity index (χ1n) is 2.97. The van der Waals surface area contributed by atoms with E-state index in [-0.39, 0.29) is 52.8 Å². The normalized spacial score (nSPS) is 12.7. The average molecular weight is 464 g/mol. The Morgan fingerprint density at radius 3 is 1.47 bits per heavy atom. The van der Waals surface area contributed by atoms with Crippen LogP contribution in [0.2, 0.25) is 0 Å². The quantitative estimate of drug-likeness (QED) is 0.386. The summed E-state index contributed by atoms with van der Waals surface area (Å²) in [4.78, 5) is 21.2. The third-order valence-corrected chi connectivity index (χ3v) is 2.49. The third-order valence-electron chi connectivity index (χ3n) is 1.04. The molecule has 2 N–H and O–H groups in total. The van der Waals surface area contributed by atoms with Crippen LogP contribution in [-0.4, -0.2) is 78.4 Å². The van der Waals surface area contributed by atoms with Gasteiger partial charge in [-0.3, -0.25) is 0 Å². The molecule has 0 radical (unpaired) electrons. The van der Waals surface area contributed by atoms with Gasteiger partial charge < -0.3 is 1.43 Å². The average Bonchev–Trinajstić information content (AvgIpc) is 2.16. The van der Waals surface area contributed by atoms with Crippen LogP contribution in [0.1, 0.15) is 1.43 Å². The van der Waals surface area contributed by atoms with Crippen LogP contribution < -0.4 is 51.4 Å². The van der Waals surface area contributed by atoms with Gasteiger partial charge in [0, 0.05) is 0 Å². The van der Waals surface area contributed by atoms with E-state index in [0.29, 0.717) is 0 Å².